The Hall–Kier alpha value is -4.92. The van der Waals surface area contributed by atoms with Gasteiger partial charge in [0.2, 0.25) is 11.6 Å². The molecule has 3 aromatic carbocycles. The predicted octanol–water partition coefficient (Wildman–Crippen LogP) is 11.4. The van der Waals surface area contributed by atoms with Crippen LogP contribution in [0.3, 0.4) is 0 Å². The van der Waals surface area contributed by atoms with E-state index in [1.807, 2.05) is 60.7 Å². The van der Waals surface area contributed by atoms with E-state index < -0.39 is 23.3 Å². The van der Waals surface area contributed by atoms with Crippen molar-refractivity contribution in [2.24, 2.45) is 23.7 Å². The maximum atomic E-state index is 13.5. The highest BCUT2D eigenvalue weighted by molar-refractivity contribution is 6.01. The van der Waals surface area contributed by atoms with Crippen LogP contribution in [0.5, 0.6) is 11.5 Å². The SMILES string of the molecule is C=CCCCCC1CCC(COc2ccc(C=CC(=O)CC(c3ccc(N)cc3N)C(O)(O)C(=O)C=Cc3ccc(OCC4CCC(CCCCC=C)CC4)cc3)cc2)CC1. The number of ether oxygens (including phenoxy) is 2. The van der Waals surface area contributed by atoms with E-state index in [-0.39, 0.29) is 17.7 Å². The third kappa shape index (κ3) is 15.5. The first-order valence-electron chi connectivity index (χ1n) is 22.7. The molecule has 0 heterocycles. The lowest BCUT2D eigenvalue weighted by atomic mass is 9.80. The van der Waals surface area contributed by atoms with Gasteiger partial charge >= 0.3 is 0 Å². The van der Waals surface area contributed by atoms with Crippen molar-refractivity contribution >= 4 is 35.1 Å². The van der Waals surface area contributed by atoms with Crippen LogP contribution in [-0.2, 0) is 9.59 Å². The lowest BCUT2D eigenvalue weighted by Crippen LogP contribution is -2.44. The summed E-state index contributed by atoms with van der Waals surface area (Å²) in [7, 11) is 0. The summed E-state index contributed by atoms with van der Waals surface area (Å²) < 4.78 is 12.2. The first kappa shape index (κ1) is 47.1. The topological polar surface area (TPSA) is 145 Å². The molecule has 5 rings (SSSR count). The molecule has 0 aromatic heterocycles. The molecule has 2 aliphatic carbocycles. The molecular weight excluding hydrogens is 761 g/mol. The number of hydrogen-bond donors (Lipinski definition) is 4. The summed E-state index contributed by atoms with van der Waals surface area (Å²) >= 11 is 0. The zero-order valence-corrected chi connectivity index (χ0v) is 36.2. The Morgan fingerprint density at radius 1 is 0.656 bits per heavy atom. The molecule has 0 spiro atoms. The van der Waals surface area contributed by atoms with Gasteiger partial charge in [0.25, 0.3) is 0 Å². The Bertz CT molecular complexity index is 1880. The number of unbranched alkanes of at least 4 members (excludes halogenated alkanes) is 4. The van der Waals surface area contributed by atoms with Crippen molar-refractivity contribution in [3.05, 3.63) is 121 Å². The van der Waals surface area contributed by atoms with E-state index in [1.165, 1.54) is 114 Å². The monoisotopic (exact) mass is 831 g/mol. The van der Waals surface area contributed by atoms with Gasteiger partial charge in [-0.1, -0.05) is 106 Å². The average Bonchev–Trinajstić information content (AvgIpc) is 3.27. The quantitative estimate of drug-likeness (QED) is 0.0217. The second-order valence-electron chi connectivity index (χ2n) is 17.5. The van der Waals surface area contributed by atoms with Gasteiger partial charge in [0, 0.05) is 17.8 Å². The Kier molecular flexibility index (Phi) is 18.9. The summed E-state index contributed by atoms with van der Waals surface area (Å²) in [6, 6.07) is 19.4. The number of aliphatic hydroxyl groups is 2. The molecule has 0 amide bonds. The molecule has 0 aliphatic heterocycles. The molecule has 2 fully saturated rings. The summed E-state index contributed by atoms with van der Waals surface area (Å²) in [5, 5.41) is 22.8. The minimum Gasteiger partial charge on any atom is -0.493 e. The van der Waals surface area contributed by atoms with Crippen LogP contribution in [-0.4, -0.2) is 40.8 Å². The fourth-order valence-corrected chi connectivity index (χ4v) is 8.90. The Morgan fingerprint density at radius 3 is 1.57 bits per heavy atom. The number of allylic oxidation sites excluding steroid dienone is 3. The van der Waals surface area contributed by atoms with Gasteiger partial charge in [0.05, 0.1) is 19.1 Å². The molecule has 0 radical (unpaired) electrons. The Labute approximate surface area is 364 Å². The van der Waals surface area contributed by atoms with Crippen LogP contribution in [0.25, 0.3) is 12.2 Å². The van der Waals surface area contributed by atoms with E-state index in [1.54, 1.807) is 12.1 Å². The van der Waals surface area contributed by atoms with Crippen LogP contribution in [0.1, 0.15) is 132 Å². The van der Waals surface area contributed by atoms with Crippen LogP contribution in [0.4, 0.5) is 11.4 Å². The lowest BCUT2D eigenvalue weighted by molar-refractivity contribution is -0.187. The van der Waals surface area contributed by atoms with E-state index in [2.05, 4.69) is 13.2 Å². The molecule has 1 unspecified atom stereocenters. The third-order valence-corrected chi connectivity index (χ3v) is 12.8. The number of rotatable bonds is 25. The molecule has 8 nitrogen and oxygen atoms in total. The van der Waals surface area contributed by atoms with Gasteiger partial charge in [-0.05, 0) is 140 Å². The molecule has 6 N–H and O–H groups in total. The highest BCUT2D eigenvalue weighted by Gasteiger charge is 2.43. The predicted molar refractivity (Wildman–Crippen MR) is 250 cm³/mol. The summed E-state index contributed by atoms with van der Waals surface area (Å²) in [6.07, 6.45) is 29.0. The van der Waals surface area contributed by atoms with Gasteiger partial charge in [-0.3, -0.25) is 9.59 Å². The zero-order valence-electron chi connectivity index (χ0n) is 36.2. The Balaban J connectivity index is 1.11. The van der Waals surface area contributed by atoms with Crippen molar-refractivity contribution in [1.82, 2.24) is 0 Å². The normalized spacial score (nSPS) is 20.0. The standard InChI is InChI=1S/C53H70N2O6/c1-3-5-7-9-11-39-13-17-43(18-14-39)37-60-47-29-22-41(23-30-47)21-28-46(56)36-50(49-33-27-45(54)35-51(49)55)53(58,59)52(57)34-26-42-24-31-48(32-25-42)61-38-44-19-15-40(16-20-44)12-10-8-6-4-2/h3-4,21-35,39-40,43-44,50,58-59H,1-2,5-20,36-38,54-55H2. The number of anilines is 2. The number of hydrogen-bond acceptors (Lipinski definition) is 8. The van der Waals surface area contributed by atoms with Gasteiger partial charge in [-0.2, -0.15) is 0 Å². The highest BCUT2D eigenvalue weighted by atomic mass is 16.5. The van der Waals surface area contributed by atoms with Crippen molar-refractivity contribution < 1.29 is 29.3 Å². The lowest BCUT2D eigenvalue weighted by Gasteiger charge is -2.30. The second-order valence-corrected chi connectivity index (χ2v) is 17.5. The van der Waals surface area contributed by atoms with Gasteiger partial charge in [-0.25, -0.2) is 0 Å². The number of nitrogens with two attached hydrogens (primary N) is 2. The maximum absolute atomic E-state index is 13.5. The van der Waals surface area contributed by atoms with Crippen molar-refractivity contribution in [2.45, 2.75) is 121 Å². The van der Waals surface area contributed by atoms with Crippen molar-refractivity contribution in [3.63, 3.8) is 0 Å². The largest absolute Gasteiger partial charge is 0.493 e. The van der Waals surface area contributed by atoms with Crippen LogP contribution in [0.15, 0.2) is 104 Å². The molecule has 0 saturated heterocycles. The Morgan fingerprint density at radius 2 is 1.11 bits per heavy atom. The molecule has 2 saturated carbocycles. The maximum Gasteiger partial charge on any atom is 0.235 e. The van der Waals surface area contributed by atoms with Crippen molar-refractivity contribution in [1.29, 1.82) is 0 Å². The minimum absolute atomic E-state index is 0.150. The molecular formula is C53H70N2O6. The van der Waals surface area contributed by atoms with Gasteiger partial charge in [-0.15, -0.1) is 13.2 Å². The molecule has 1 atom stereocenters. The average molecular weight is 831 g/mol. The summed E-state index contributed by atoms with van der Waals surface area (Å²) in [5.74, 6) is -1.40. The zero-order chi connectivity index (χ0) is 43.5. The van der Waals surface area contributed by atoms with E-state index in [9.17, 15) is 19.8 Å². The number of nitrogen functional groups attached to an aromatic ring is 2. The fourth-order valence-electron chi connectivity index (χ4n) is 8.90. The molecule has 0 bridgehead atoms. The number of carbonyl (C=O) groups is 2. The van der Waals surface area contributed by atoms with Crippen LogP contribution >= 0.6 is 0 Å². The van der Waals surface area contributed by atoms with E-state index in [0.29, 0.717) is 36.3 Å². The molecule has 8 heteroatoms. The highest BCUT2D eigenvalue weighted by Crippen LogP contribution is 2.37. The summed E-state index contributed by atoms with van der Waals surface area (Å²) in [6.45, 7) is 9.01. The summed E-state index contributed by atoms with van der Waals surface area (Å²) in [5.41, 5.74) is 14.4. The molecule has 328 valence electrons. The van der Waals surface area contributed by atoms with Crippen LogP contribution in [0, 0.1) is 23.7 Å². The number of benzene rings is 3. The number of carbonyl (C=O) groups excluding carboxylic acids is 2. The third-order valence-electron chi connectivity index (χ3n) is 12.8. The van der Waals surface area contributed by atoms with Crippen molar-refractivity contribution in [3.8, 4) is 11.5 Å². The van der Waals surface area contributed by atoms with Crippen molar-refractivity contribution in [2.75, 3.05) is 24.7 Å². The smallest absolute Gasteiger partial charge is 0.235 e. The molecule has 61 heavy (non-hydrogen) atoms. The van der Waals surface area contributed by atoms with Gasteiger partial charge in [0.1, 0.15) is 11.5 Å². The van der Waals surface area contributed by atoms with Gasteiger partial charge < -0.3 is 31.2 Å². The van der Waals surface area contributed by atoms with Gasteiger partial charge in [0.15, 0.2) is 5.78 Å². The minimum atomic E-state index is -2.94. The molecule has 2 aliphatic rings. The van der Waals surface area contributed by atoms with E-state index >= 15 is 0 Å². The molecule has 3 aromatic rings. The van der Waals surface area contributed by atoms with E-state index in [4.69, 9.17) is 20.9 Å². The van der Waals surface area contributed by atoms with Crippen LogP contribution in [0.2, 0.25) is 0 Å². The first-order chi connectivity index (χ1) is 29.5. The fraction of sp³-hybridized carbons (Fsp3) is 0.472. The number of ketones is 2. The van der Waals surface area contributed by atoms with Crippen LogP contribution < -0.4 is 20.9 Å². The summed E-state index contributed by atoms with van der Waals surface area (Å²) in [4.78, 5) is 26.9. The van der Waals surface area contributed by atoms with E-state index in [0.717, 1.165) is 47.8 Å². The first-order valence-corrected chi connectivity index (χ1v) is 22.7. The second kappa shape index (κ2) is 24.5.